The average Bonchev–Trinajstić information content (AvgIpc) is 2.43. The second-order valence-corrected chi connectivity index (χ2v) is 5.42. The molecule has 1 fully saturated rings. The molecule has 106 valence electrons. The molecular weight excluding hydrogens is 238 g/mol. The Balaban J connectivity index is 1.76. The van der Waals surface area contributed by atoms with E-state index in [4.69, 9.17) is 10.5 Å². The van der Waals surface area contributed by atoms with Gasteiger partial charge in [-0.05, 0) is 57.5 Å². The van der Waals surface area contributed by atoms with E-state index in [-0.39, 0.29) is 0 Å². The number of hydrogen-bond donors (Lipinski definition) is 2. The van der Waals surface area contributed by atoms with Crippen LogP contribution in [0.25, 0.3) is 0 Å². The molecule has 0 spiro atoms. The van der Waals surface area contributed by atoms with Crippen molar-refractivity contribution in [1.82, 2.24) is 4.90 Å². The minimum atomic E-state index is 0.684. The number of ether oxygens (including phenoxy) is 1. The molecule has 3 N–H and O–H groups in total. The highest BCUT2D eigenvalue weighted by Gasteiger charge is 2.15. The van der Waals surface area contributed by atoms with Gasteiger partial charge in [0.15, 0.2) is 0 Å². The van der Waals surface area contributed by atoms with Crippen LogP contribution in [-0.2, 0) is 0 Å². The molecule has 0 bridgehead atoms. The lowest BCUT2D eigenvalue weighted by Crippen LogP contribution is -2.30. The van der Waals surface area contributed by atoms with Gasteiger partial charge in [0, 0.05) is 18.3 Å². The number of nitrogen functional groups attached to an aromatic ring is 1. The zero-order chi connectivity index (χ0) is 13.7. The summed E-state index contributed by atoms with van der Waals surface area (Å²) in [5, 5.41) is 3.46. The molecule has 0 radical (unpaired) electrons. The summed E-state index contributed by atoms with van der Waals surface area (Å²) in [6.45, 7) is 3.49. The molecule has 0 amide bonds. The Morgan fingerprint density at radius 1 is 1.37 bits per heavy atom. The van der Waals surface area contributed by atoms with Crippen molar-refractivity contribution in [3.63, 3.8) is 0 Å². The molecule has 4 nitrogen and oxygen atoms in total. The van der Waals surface area contributed by atoms with E-state index < -0.39 is 0 Å². The first-order chi connectivity index (χ1) is 9.19. The Kier molecular flexibility index (Phi) is 4.91. The first-order valence-corrected chi connectivity index (χ1v) is 7.05. The molecule has 1 saturated heterocycles. The van der Waals surface area contributed by atoms with Gasteiger partial charge in [-0.15, -0.1) is 0 Å². The van der Waals surface area contributed by atoms with E-state index in [1.165, 1.54) is 32.4 Å². The number of hydrogen-bond acceptors (Lipinski definition) is 4. The molecule has 0 aliphatic carbocycles. The number of piperidine rings is 1. The Morgan fingerprint density at radius 2 is 2.11 bits per heavy atom. The number of benzene rings is 1. The van der Waals surface area contributed by atoms with Crippen LogP contribution in [0.3, 0.4) is 0 Å². The monoisotopic (exact) mass is 263 g/mol. The predicted octanol–water partition coefficient (Wildman–Crippen LogP) is 2.42. The normalized spacial score (nSPS) is 17.4. The Hall–Kier alpha value is -1.42. The first kappa shape index (κ1) is 14.0. The summed E-state index contributed by atoms with van der Waals surface area (Å²) < 4.78 is 5.22. The van der Waals surface area contributed by atoms with Gasteiger partial charge in [0.05, 0.1) is 12.8 Å². The van der Waals surface area contributed by atoms with Gasteiger partial charge in [0.1, 0.15) is 5.75 Å². The third-order valence-electron chi connectivity index (χ3n) is 3.95. The van der Waals surface area contributed by atoms with Gasteiger partial charge in [-0.2, -0.15) is 0 Å². The molecule has 0 atom stereocenters. The second kappa shape index (κ2) is 6.66. The van der Waals surface area contributed by atoms with Crippen LogP contribution >= 0.6 is 0 Å². The maximum atomic E-state index is 5.80. The fraction of sp³-hybridized carbons (Fsp3) is 0.600. The zero-order valence-corrected chi connectivity index (χ0v) is 12.0. The van der Waals surface area contributed by atoms with Crippen molar-refractivity contribution < 1.29 is 4.74 Å². The van der Waals surface area contributed by atoms with Crippen molar-refractivity contribution in [2.75, 3.05) is 44.8 Å². The van der Waals surface area contributed by atoms with E-state index >= 15 is 0 Å². The van der Waals surface area contributed by atoms with Gasteiger partial charge in [0.25, 0.3) is 0 Å². The van der Waals surface area contributed by atoms with E-state index in [2.05, 4.69) is 17.3 Å². The van der Waals surface area contributed by atoms with Crippen LogP contribution in [0, 0.1) is 5.92 Å². The standard InChI is InChI=1S/C15H25N3O/c1-18-9-6-12(7-10-18)5-8-17-13-3-4-14(16)15(11-13)19-2/h3-4,11-12,17H,5-10,16H2,1-2H3. The number of nitrogens with two attached hydrogens (primary N) is 1. The van der Waals surface area contributed by atoms with Crippen LogP contribution in [0.5, 0.6) is 5.75 Å². The molecule has 4 heteroatoms. The molecule has 1 aromatic rings. The van der Waals surface area contributed by atoms with Gasteiger partial charge in [0.2, 0.25) is 0 Å². The number of methoxy groups -OCH3 is 1. The van der Waals surface area contributed by atoms with Crippen LogP contribution in [0.15, 0.2) is 18.2 Å². The maximum absolute atomic E-state index is 5.80. The second-order valence-electron chi connectivity index (χ2n) is 5.42. The van der Waals surface area contributed by atoms with E-state index in [1.54, 1.807) is 7.11 Å². The smallest absolute Gasteiger partial charge is 0.143 e. The molecule has 0 saturated carbocycles. The molecule has 1 aromatic carbocycles. The van der Waals surface area contributed by atoms with Crippen LogP contribution in [0.1, 0.15) is 19.3 Å². The van der Waals surface area contributed by atoms with E-state index in [1.807, 2.05) is 18.2 Å². The lowest BCUT2D eigenvalue weighted by Gasteiger charge is -2.29. The molecule has 1 heterocycles. The highest BCUT2D eigenvalue weighted by atomic mass is 16.5. The van der Waals surface area contributed by atoms with Gasteiger partial charge in [-0.25, -0.2) is 0 Å². The topological polar surface area (TPSA) is 50.5 Å². The van der Waals surface area contributed by atoms with Crippen LogP contribution in [-0.4, -0.2) is 38.7 Å². The van der Waals surface area contributed by atoms with Gasteiger partial charge < -0.3 is 20.7 Å². The fourth-order valence-electron chi connectivity index (χ4n) is 2.59. The third kappa shape index (κ3) is 4.03. The van der Waals surface area contributed by atoms with Gasteiger partial charge in [-0.3, -0.25) is 0 Å². The van der Waals surface area contributed by atoms with E-state index in [0.29, 0.717) is 5.69 Å². The number of nitrogens with zero attached hydrogens (tertiary/aromatic N) is 1. The first-order valence-electron chi connectivity index (χ1n) is 7.05. The SMILES string of the molecule is COc1cc(NCCC2CCN(C)CC2)ccc1N. The average molecular weight is 263 g/mol. The van der Waals surface area contributed by atoms with Gasteiger partial charge in [-0.1, -0.05) is 0 Å². The Labute approximate surface area is 115 Å². The number of nitrogens with one attached hydrogen (secondary N) is 1. The zero-order valence-electron chi connectivity index (χ0n) is 12.0. The van der Waals surface area contributed by atoms with Crippen molar-refractivity contribution in [3.05, 3.63) is 18.2 Å². The summed E-state index contributed by atoms with van der Waals surface area (Å²) in [4.78, 5) is 2.41. The Morgan fingerprint density at radius 3 is 2.79 bits per heavy atom. The molecule has 0 aromatic heterocycles. The number of rotatable bonds is 5. The molecule has 1 aliphatic heterocycles. The molecule has 1 aliphatic rings. The summed E-state index contributed by atoms with van der Waals surface area (Å²) in [6.07, 6.45) is 3.88. The summed E-state index contributed by atoms with van der Waals surface area (Å²) in [5.74, 6) is 1.60. The lowest BCUT2D eigenvalue weighted by atomic mass is 9.94. The highest BCUT2D eigenvalue weighted by molar-refractivity contribution is 5.61. The van der Waals surface area contributed by atoms with Gasteiger partial charge >= 0.3 is 0 Å². The van der Waals surface area contributed by atoms with Crippen molar-refractivity contribution in [2.45, 2.75) is 19.3 Å². The fourth-order valence-corrected chi connectivity index (χ4v) is 2.59. The third-order valence-corrected chi connectivity index (χ3v) is 3.95. The molecular formula is C15H25N3O. The van der Waals surface area contributed by atoms with E-state index in [0.717, 1.165) is 23.9 Å². The summed E-state index contributed by atoms with van der Waals surface area (Å²) in [5.41, 5.74) is 7.57. The number of likely N-dealkylation sites (tertiary alicyclic amines) is 1. The summed E-state index contributed by atoms with van der Waals surface area (Å²) >= 11 is 0. The summed E-state index contributed by atoms with van der Waals surface area (Å²) in [6, 6.07) is 5.85. The maximum Gasteiger partial charge on any atom is 0.143 e. The van der Waals surface area contributed by atoms with Crippen LogP contribution in [0.4, 0.5) is 11.4 Å². The van der Waals surface area contributed by atoms with Crippen molar-refractivity contribution in [3.8, 4) is 5.75 Å². The largest absolute Gasteiger partial charge is 0.495 e. The summed E-state index contributed by atoms with van der Waals surface area (Å²) in [7, 11) is 3.85. The van der Waals surface area contributed by atoms with Crippen LogP contribution in [0.2, 0.25) is 0 Å². The lowest BCUT2D eigenvalue weighted by molar-refractivity contribution is 0.215. The van der Waals surface area contributed by atoms with E-state index in [9.17, 15) is 0 Å². The Bertz CT molecular complexity index is 400. The van der Waals surface area contributed by atoms with Crippen LogP contribution < -0.4 is 15.8 Å². The molecule has 2 rings (SSSR count). The molecule has 0 unspecified atom stereocenters. The minimum Gasteiger partial charge on any atom is -0.495 e. The van der Waals surface area contributed by atoms with Crippen molar-refractivity contribution >= 4 is 11.4 Å². The predicted molar refractivity (Wildman–Crippen MR) is 80.7 cm³/mol. The highest BCUT2D eigenvalue weighted by Crippen LogP contribution is 2.25. The van der Waals surface area contributed by atoms with Crippen molar-refractivity contribution in [1.29, 1.82) is 0 Å². The minimum absolute atomic E-state index is 0.684. The quantitative estimate of drug-likeness (QED) is 0.801. The number of anilines is 2. The van der Waals surface area contributed by atoms with Crippen molar-refractivity contribution in [2.24, 2.45) is 5.92 Å². The molecule has 19 heavy (non-hydrogen) atoms.